The van der Waals surface area contributed by atoms with Crippen LogP contribution in [0.2, 0.25) is 0 Å². The van der Waals surface area contributed by atoms with Gasteiger partial charge in [-0.1, -0.05) is 12.1 Å². The minimum Gasteiger partial charge on any atom is -0.496 e. The average Bonchev–Trinajstić information content (AvgIpc) is 2.65. The molecule has 4 heteroatoms. The first-order valence-corrected chi connectivity index (χ1v) is 4.54. The molecular weight excluding hydrogens is 198 g/mol. The minimum absolute atomic E-state index is 0.367. The monoisotopic (exact) mass is 207 g/mol. The van der Waals surface area contributed by atoms with Crippen LogP contribution in [0.15, 0.2) is 34.9 Å². The summed E-state index contributed by atoms with van der Waals surface area (Å²) in [6.07, 6.45) is 1.72. The lowest BCUT2D eigenvalue weighted by Crippen LogP contribution is -1.85. The number of oxazole rings is 1. The molecule has 1 aromatic heterocycles. The van der Waals surface area contributed by atoms with Gasteiger partial charge < -0.3 is 14.1 Å². The van der Waals surface area contributed by atoms with Crippen LogP contribution in [0.1, 0.15) is 0 Å². The standard InChI is InChI=1S/C10H9NO2S/c1-12-8-5-3-2-4-7(8)9-6-11-10(14)13-9/h2-6H,1H3,(H,11,14). The van der Waals surface area contributed by atoms with Gasteiger partial charge in [0, 0.05) is 6.20 Å². The van der Waals surface area contributed by atoms with Gasteiger partial charge in [-0.15, -0.1) is 0 Å². The zero-order valence-corrected chi connectivity index (χ0v) is 8.43. The second-order valence-corrected chi connectivity index (χ2v) is 3.11. The van der Waals surface area contributed by atoms with Gasteiger partial charge >= 0.3 is 0 Å². The summed E-state index contributed by atoms with van der Waals surface area (Å²) in [5.41, 5.74) is 0.891. The normalized spacial score (nSPS) is 10.1. The summed E-state index contributed by atoms with van der Waals surface area (Å²) in [5, 5.41) is 0. The molecule has 0 amide bonds. The van der Waals surface area contributed by atoms with Crippen molar-refractivity contribution in [1.82, 2.24) is 4.98 Å². The average molecular weight is 207 g/mol. The van der Waals surface area contributed by atoms with Crippen molar-refractivity contribution in [2.24, 2.45) is 0 Å². The molecular formula is C10H9NO2S. The summed E-state index contributed by atoms with van der Waals surface area (Å²) in [4.78, 5) is 3.18. The van der Waals surface area contributed by atoms with Crippen LogP contribution in [0.5, 0.6) is 5.75 Å². The Morgan fingerprint density at radius 2 is 2.14 bits per heavy atom. The van der Waals surface area contributed by atoms with Crippen molar-refractivity contribution in [2.75, 3.05) is 7.11 Å². The highest BCUT2D eigenvalue weighted by Gasteiger charge is 2.07. The Kier molecular flexibility index (Phi) is 2.37. The number of benzene rings is 1. The fraction of sp³-hybridized carbons (Fsp3) is 0.100. The van der Waals surface area contributed by atoms with Gasteiger partial charge in [-0.3, -0.25) is 0 Å². The first-order valence-electron chi connectivity index (χ1n) is 4.13. The van der Waals surface area contributed by atoms with Crippen LogP contribution in [0.3, 0.4) is 0 Å². The molecule has 0 saturated heterocycles. The molecule has 1 heterocycles. The molecule has 72 valence electrons. The van der Waals surface area contributed by atoms with Crippen molar-refractivity contribution in [3.8, 4) is 17.1 Å². The highest BCUT2D eigenvalue weighted by Crippen LogP contribution is 2.29. The highest BCUT2D eigenvalue weighted by atomic mass is 32.1. The van der Waals surface area contributed by atoms with Gasteiger partial charge in [0.1, 0.15) is 5.75 Å². The molecule has 1 aromatic carbocycles. The van der Waals surface area contributed by atoms with Gasteiger partial charge in [0.15, 0.2) is 5.76 Å². The van der Waals surface area contributed by atoms with E-state index in [1.54, 1.807) is 13.3 Å². The van der Waals surface area contributed by atoms with E-state index < -0.39 is 0 Å². The Bertz CT molecular complexity index is 487. The largest absolute Gasteiger partial charge is 0.496 e. The Balaban J connectivity index is 2.55. The number of aromatic nitrogens is 1. The molecule has 0 aliphatic carbocycles. The number of H-pyrrole nitrogens is 1. The van der Waals surface area contributed by atoms with Crippen molar-refractivity contribution in [2.45, 2.75) is 0 Å². The van der Waals surface area contributed by atoms with E-state index in [1.807, 2.05) is 24.3 Å². The Hall–Kier alpha value is -1.55. The van der Waals surface area contributed by atoms with Crippen molar-refractivity contribution < 1.29 is 9.15 Å². The molecule has 0 fully saturated rings. The van der Waals surface area contributed by atoms with Gasteiger partial charge in [0.05, 0.1) is 12.7 Å². The molecule has 0 unspecified atom stereocenters. The number of para-hydroxylation sites is 1. The fourth-order valence-corrected chi connectivity index (χ4v) is 1.41. The second kappa shape index (κ2) is 3.67. The SMILES string of the molecule is COc1ccccc1-c1c[nH]c(=S)o1. The molecule has 2 rings (SSSR count). The third-order valence-electron chi connectivity index (χ3n) is 1.90. The van der Waals surface area contributed by atoms with E-state index in [1.165, 1.54) is 0 Å². The number of methoxy groups -OCH3 is 1. The van der Waals surface area contributed by atoms with Crippen molar-refractivity contribution >= 4 is 12.2 Å². The summed E-state index contributed by atoms with van der Waals surface area (Å²) < 4.78 is 10.5. The molecule has 0 atom stereocenters. The molecule has 1 N–H and O–H groups in total. The zero-order chi connectivity index (χ0) is 9.97. The van der Waals surface area contributed by atoms with Crippen LogP contribution in [-0.2, 0) is 0 Å². The maximum atomic E-state index is 5.29. The van der Waals surface area contributed by atoms with Gasteiger partial charge in [-0.2, -0.15) is 0 Å². The number of aromatic amines is 1. The van der Waals surface area contributed by atoms with E-state index in [2.05, 4.69) is 4.98 Å². The summed E-state index contributed by atoms with van der Waals surface area (Å²) >= 11 is 4.85. The molecule has 0 bridgehead atoms. The van der Waals surface area contributed by atoms with Crippen molar-refractivity contribution in [1.29, 1.82) is 0 Å². The maximum absolute atomic E-state index is 5.29. The smallest absolute Gasteiger partial charge is 0.266 e. The third-order valence-corrected chi connectivity index (χ3v) is 2.10. The van der Waals surface area contributed by atoms with Crippen molar-refractivity contribution in [3.63, 3.8) is 0 Å². The van der Waals surface area contributed by atoms with E-state index in [4.69, 9.17) is 21.4 Å². The van der Waals surface area contributed by atoms with E-state index in [0.717, 1.165) is 11.3 Å². The van der Waals surface area contributed by atoms with E-state index >= 15 is 0 Å². The summed E-state index contributed by atoms with van der Waals surface area (Å²) in [6.45, 7) is 0. The van der Waals surface area contributed by atoms with Gasteiger partial charge in [-0.25, -0.2) is 0 Å². The molecule has 0 aliphatic rings. The van der Waals surface area contributed by atoms with Crippen LogP contribution in [0.25, 0.3) is 11.3 Å². The number of nitrogens with one attached hydrogen (secondary N) is 1. The molecule has 3 nitrogen and oxygen atoms in total. The van der Waals surface area contributed by atoms with E-state index in [0.29, 0.717) is 10.6 Å². The molecule has 0 radical (unpaired) electrons. The summed E-state index contributed by atoms with van der Waals surface area (Å²) in [6, 6.07) is 7.62. The van der Waals surface area contributed by atoms with E-state index in [-0.39, 0.29) is 0 Å². The number of hydrogen-bond acceptors (Lipinski definition) is 3. The molecule has 0 aliphatic heterocycles. The van der Waals surface area contributed by atoms with Crippen LogP contribution >= 0.6 is 12.2 Å². The lowest BCUT2D eigenvalue weighted by Gasteiger charge is -2.03. The Morgan fingerprint density at radius 1 is 1.36 bits per heavy atom. The summed E-state index contributed by atoms with van der Waals surface area (Å²) in [5.74, 6) is 1.46. The first kappa shape index (κ1) is 9.02. The van der Waals surface area contributed by atoms with E-state index in [9.17, 15) is 0 Å². The van der Waals surface area contributed by atoms with Gasteiger partial charge in [0.2, 0.25) is 0 Å². The van der Waals surface area contributed by atoms with Crippen LogP contribution in [-0.4, -0.2) is 12.1 Å². The lowest BCUT2D eigenvalue weighted by molar-refractivity contribution is 0.414. The Labute approximate surface area is 86.3 Å². The topological polar surface area (TPSA) is 38.2 Å². The quantitative estimate of drug-likeness (QED) is 0.769. The lowest BCUT2D eigenvalue weighted by atomic mass is 10.1. The molecule has 2 aromatic rings. The Morgan fingerprint density at radius 3 is 2.79 bits per heavy atom. The van der Waals surface area contributed by atoms with Gasteiger partial charge in [0.25, 0.3) is 4.84 Å². The minimum atomic E-state index is 0.367. The molecule has 0 saturated carbocycles. The summed E-state index contributed by atoms with van der Waals surface area (Å²) in [7, 11) is 1.63. The van der Waals surface area contributed by atoms with Crippen LogP contribution in [0, 0.1) is 4.84 Å². The predicted molar refractivity (Wildman–Crippen MR) is 55.9 cm³/mol. The number of ether oxygens (including phenoxy) is 1. The van der Waals surface area contributed by atoms with Crippen molar-refractivity contribution in [3.05, 3.63) is 35.3 Å². The number of rotatable bonds is 2. The molecule has 0 spiro atoms. The van der Waals surface area contributed by atoms with Crippen LogP contribution in [0.4, 0.5) is 0 Å². The fourth-order valence-electron chi connectivity index (χ4n) is 1.26. The number of hydrogen-bond donors (Lipinski definition) is 1. The first-order chi connectivity index (χ1) is 6.81. The van der Waals surface area contributed by atoms with Gasteiger partial charge in [-0.05, 0) is 24.4 Å². The maximum Gasteiger partial charge on any atom is 0.266 e. The highest BCUT2D eigenvalue weighted by molar-refractivity contribution is 7.71. The molecule has 14 heavy (non-hydrogen) atoms. The van der Waals surface area contributed by atoms with Crippen LogP contribution < -0.4 is 4.74 Å². The third kappa shape index (κ3) is 1.56. The zero-order valence-electron chi connectivity index (χ0n) is 7.61. The second-order valence-electron chi connectivity index (χ2n) is 2.74. The predicted octanol–water partition coefficient (Wildman–Crippen LogP) is 3.01.